The van der Waals surface area contributed by atoms with Crippen molar-refractivity contribution in [1.29, 1.82) is 0 Å². The Hall–Kier alpha value is -3.45. The molecule has 1 atom stereocenters. The number of rotatable bonds is 8. The summed E-state index contributed by atoms with van der Waals surface area (Å²) in [6.07, 6.45) is 6.93. The van der Waals surface area contributed by atoms with Crippen molar-refractivity contribution in [3.05, 3.63) is 131 Å². The Morgan fingerprint density at radius 1 is 0.727 bits per heavy atom. The molecule has 4 aromatic carbocycles. The highest BCUT2D eigenvalue weighted by Crippen LogP contribution is 2.24. The van der Waals surface area contributed by atoms with Crippen molar-refractivity contribution in [2.45, 2.75) is 39.0 Å². The van der Waals surface area contributed by atoms with Gasteiger partial charge in [0.05, 0.1) is 0 Å². The highest BCUT2D eigenvalue weighted by Gasteiger charge is 2.08. The minimum atomic E-state index is -0.173. The Morgan fingerprint density at radius 3 is 2.00 bits per heavy atom. The summed E-state index contributed by atoms with van der Waals surface area (Å²) in [5, 5.41) is 0. The van der Waals surface area contributed by atoms with Crippen LogP contribution in [-0.4, -0.2) is 0 Å². The molecule has 0 unspecified atom stereocenters. The first-order valence-electron chi connectivity index (χ1n) is 11.8. The summed E-state index contributed by atoms with van der Waals surface area (Å²) in [5.41, 5.74) is 7.76. The van der Waals surface area contributed by atoms with E-state index in [2.05, 4.69) is 86.6 Å². The molecule has 0 aliphatic rings. The smallest absolute Gasteiger partial charge is 0.130 e. The number of hydrogen-bond donors (Lipinski definition) is 0. The maximum absolute atomic E-state index is 14.7. The summed E-state index contributed by atoms with van der Waals surface area (Å²) in [5.74, 6) is 0.182. The second kappa shape index (κ2) is 10.9. The van der Waals surface area contributed by atoms with Gasteiger partial charge in [0, 0.05) is 5.56 Å². The lowest BCUT2D eigenvalue weighted by Crippen LogP contribution is -1.99. The maximum Gasteiger partial charge on any atom is 0.130 e. The third-order valence-electron chi connectivity index (χ3n) is 6.17. The summed E-state index contributed by atoms with van der Waals surface area (Å²) in [6.45, 7) is 4.39. The normalized spacial score (nSPS) is 12.2. The van der Waals surface area contributed by atoms with Crippen LogP contribution in [0.1, 0.15) is 54.0 Å². The van der Waals surface area contributed by atoms with E-state index >= 15 is 0 Å². The van der Waals surface area contributed by atoms with Crippen LogP contribution in [0.25, 0.3) is 23.3 Å². The fourth-order valence-corrected chi connectivity index (χ4v) is 4.21. The molecule has 4 aromatic rings. The molecule has 0 aliphatic heterocycles. The Labute approximate surface area is 197 Å². The first-order chi connectivity index (χ1) is 16.1. The zero-order valence-electron chi connectivity index (χ0n) is 19.5. The molecule has 0 heterocycles. The quantitative estimate of drug-likeness (QED) is 0.243. The zero-order chi connectivity index (χ0) is 23.0. The van der Waals surface area contributed by atoms with Gasteiger partial charge in [-0.05, 0) is 58.2 Å². The second-order valence-electron chi connectivity index (χ2n) is 8.77. The Bertz CT molecular complexity index is 1190. The van der Waals surface area contributed by atoms with Gasteiger partial charge in [-0.1, -0.05) is 123 Å². The van der Waals surface area contributed by atoms with Crippen molar-refractivity contribution in [2.75, 3.05) is 0 Å². The third kappa shape index (κ3) is 6.08. The SMILES string of the molecule is CCCc1ccc(-c2ccc(C=Cc3ccc(C[C@H](C)c4ccccc4)cc3F)cc2)cc1. The van der Waals surface area contributed by atoms with Crippen LogP contribution in [0.2, 0.25) is 0 Å². The molecule has 0 nitrogen and oxygen atoms in total. The maximum atomic E-state index is 14.7. The molecule has 1 heteroatoms. The number of aryl methyl sites for hydroxylation is 1. The fraction of sp³-hybridized carbons (Fsp3) is 0.188. The van der Waals surface area contributed by atoms with Crippen LogP contribution in [0.3, 0.4) is 0 Å². The standard InChI is InChI=1S/C32H31F/c1-3-7-25-10-16-29(17-11-25)30-18-12-26(13-19-30)14-20-31-21-15-27(23-32(31)33)22-24(2)28-8-5-4-6-9-28/h4-6,8-21,23-24H,3,7,22H2,1-2H3/t24-/m0/s1. The Morgan fingerprint density at radius 2 is 1.36 bits per heavy atom. The van der Waals surface area contributed by atoms with Crippen LogP contribution in [0.4, 0.5) is 4.39 Å². The molecule has 0 saturated carbocycles. The molecule has 0 aromatic heterocycles. The van der Waals surface area contributed by atoms with Gasteiger partial charge in [0.1, 0.15) is 5.82 Å². The first kappa shape index (κ1) is 22.7. The highest BCUT2D eigenvalue weighted by molar-refractivity contribution is 5.72. The molecule has 166 valence electrons. The number of benzene rings is 4. The van der Waals surface area contributed by atoms with Crippen molar-refractivity contribution in [1.82, 2.24) is 0 Å². The predicted molar refractivity (Wildman–Crippen MR) is 140 cm³/mol. The van der Waals surface area contributed by atoms with Crippen molar-refractivity contribution >= 4 is 12.2 Å². The van der Waals surface area contributed by atoms with Crippen molar-refractivity contribution in [2.24, 2.45) is 0 Å². The van der Waals surface area contributed by atoms with Crippen LogP contribution in [0.15, 0.2) is 97.1 Å². The van der Waals surface area contributed by atoms with E-state index in [0.717, 1.165) is 30.4 Å². The predicted octanol–water partition coefficient (Wildman–Crippen LogP) is 8.96. The molecular formula is C32H31F. The fourth-order valence-electron chi connectivity index (χ4n) is 4.21. The summed E-state index contributed by atoms with van der Waals surface area (Å²) in [6, 6.07) is 33.2. The van der Waals surface area contributed by atoms with Gasteiger partial charge in [0.15, 0.2) is 0 Å². The van der Waals surface area contributed by atoms with E-state index in [0.29, 0.717) is 11.5 Å². The summed E-state index contributed by atoms with van der Waals surface area (Å²) in [4.78, 5) is 0. The lowest BCUT2D eigenvalue weighted by atomic mass is 9.93. The van der Waals surface area contributed by atoms with E-state index in [1.165, 1.54) is 22.3 Å². The van der Waals surface area contributed by atoms with E-state index in [1.807, 2.05) is 30.4 Å². The van der Waals surface area contributed by atoms with Gasteiger partial charge >= 0.3 is 0 Å². The van der Waals surface area contributed by atoms with Gasteiger partial charge in [0.25, 0.3) is 0 Å². The molecule has 4 rings (SSSR count). The van der Waals surface area contributed by atoms with E-state index in [4.69, 9.17) is 0 Å². The lowest BCUT2D eigenvalue weighted by molar-refractivity contribution is 0.620. The molecule has 33 heavy (non-hydrogen) atoms. The first-order valence-corrected chi connectivity index (χ1v) is 11.8. The molecule has 0 radical (unpaired) electrons. The molecule has 0 amide bonds. The summed E-state index contributed by atoms with van der Waals surface area (Å²) >= 11 is 0. The summed E-state index contributed by atoms with van der Waals surface area (Å²) < 4.78 is 14.7. The highest BCUT2D eigenvalue weighted by atomic mass is 19.1. The topological polar surface area (TPSA) is 0 Å². The molecular weight excluding hydrogens is 403 g/mol. The van der Waals surface area contributed by atoms with Gasteiger partial charge < -0.3 is 0 Å². The Kier molecular flexibility index (Phi) is 7.52. The average molecular weight is 435 g/mol. The van der Waals surface area contributed by atoms with Crippen molar-refractivity contribution < 1.29 is 4.39 Å². The largest absolute Gasteiger partial charge is 0.206 e. The van der Waals surface area contributed by atoms with Crippen molar-refractivity contribution in [3.63, 3.8) is 0 Å². The van der Waals surface area contributed by atoms with Crippen LogP contribution in [0, 0.1) is 5.82 Å². The van der Waals surface area contributed by atoms with E-state index in [9.17, 15) is 4.39 Å². The average Bonchev–Trinajstić information content (AvgIpc) is 2.85. The molecule has 0 fully saturated rings. The van der Waals surface area contributed by atoms with Crippen molar-refractivity contribution in [3.8, 4) is 11.1 Å². The van der Waals surface area contributed by atoms with Crippen LogP contribution >= 0.6 is 0 Å². The monoisotopic (exact) mass is 434 g/mol. The van der Waals surface area contributed by atoms with E-state index in [-0.39, 0.29) is 5.82 Å². The molecule has 0 spiro atoms. The molecule has 0 saturated heterocycles. The minimum absolute atomic E-state index is 0.173. The molecule has 0 N–H and O–H groups in total. The van der Waals surface area contributed by atoms with Gasteiger partial charge in [-0.2, -0.15) is 0 Å². The number of halogens is 1. The van der Waals surface area contributed by atoms with Crippen LogP contribution in [0.5, 0.6) is 0 Å². The van der Waals surface area contributed by atoms with Gasteiger partial charge in [-0.15, -0.1) is 0 Å². The van der Waals surface area contributed by atoms with Crippen LogP contribution in [-0.2, 0) is 12.8 Å². The second-order valence-corrected chi connectivity index (χ2v) is 8.77. The van der Waals surface area contributed by atoms with Gasteiger partial charge in [0.2, 0.25) is 0 Å². The molecule has 0 bridgehead atoms. The Balaban J connectivity index is 1.41. The van der Waals surface area contributed by atoms with E-state index < -0.39 is 0 Å². The zero-order valence-corrected chi connectivity index (χ0v) is 19.5. The molecule has 0 aliphatic carbocycles. The third-order valence-corrected chi connectivity index (χ3v) is 6.17. The van der Waals surface area contributed by atoms with E-state index in [1.54, 1.807) is 6.07 Å². The summed E-state index contributed by atoms with van der Waals surface area (Å²) in [7, 11) is 0. The van der Waals surface area contributed by atoms with Gasteiger partial charge in [-0.3, -0.25) is 0 Å². The lowest BCUT2D eigenvalue weighted by Gasteiger charge is -2.12. The number of hydrogen-bond acceptors (Lipinski definition) is 0. The van der Waals surface area contributed by atoms with Gasteiger partial charge in [-0.25, -0.2) is 4.39 Å². The van der Waals surface area contributed by atoms with Crippen LogP contribution < -0.4 is 0 Å². The minimum Gasteiger partial charge on any atom is -0.206 e.